The van der Waals surface area contributed by atoms with E-state index in [4.69, 9.17) is 11.6 Å². The minimum atomic E-state index is 0.689. The molecule has 0 atom stereocenters. The van der Waals surface area contributed by atoms with Crippen molar-refractivity contribution < 1.29 is 0 Å². The van der Waals surface area contributed by atoms with Crippen molar-refractivity contribution in [3.63, 3.8) is 0 Å². The van der Waals surface area contributed by atoms with Crippen molar-refractivity contribution >= 4 is 22.5 Å². The van der Waals surface area contributed by atoms with Crippen LogP contribution in [-0.4, -0.2) is 26.6 Å². The molecule has 0 aliphatic carbocycles. The average molecular weight is 290 g/mol. The SMILES string of the molecule is CNCc1cn(Cc2cn(C)nn2)c2cc(Cl)ccc12. The van der Waals surface area contributed by atoms with Gasteiger partial charge in [0.25, 0.3) is 0 Å². The first-order valence-electron chi connectivity index (χ1n) is 6.44. The van der Waals surface area contributed by atoms with Gasteiger partial charge >= 0.3 is 0 Å². The molecule has 3 aromatic rings. The number of hydrogen-bond donors (Lipinski definition) is 1. The lowest BCUT2D eigenvalue weighted by molar-refractivity contribution is 0.710. The molecule has 0 fully saturated rings. The quantitative estimate of drug-likeness (QED) is 0.801. The summed E-state index contributed by atoms with van der Waals surface area (Å²) in [7, 11) is 3.81. The molecule has 0 saturated heterocycles. The van der Waals surface area contributed by atoms with Crippen molar-refractivity contribution in [1.82, 2.24) is 24.9 Å². The number of benzene rings is 1. The van der Waals surface area contributed by atoms with Crippen LogP contribution in [0, 0.1) is 0 Å². The van der Waals surface area contributed by atoms with Crippen molar-refractivity contribution in [2.75, 3.05) is 7.05 Å². The molecule has 1 N–H and O–H groups in total. The van der Waals surface area contributed by atoms with Crippen molar-refractivity contribution in [3.05, 3.63) is 46.9 Å². The first kappa shape index (κ1) is 13.1. The van der Waals surface area contributed by atoms with Crippen LogP contribution in [0.2, 0.25) is 5.02 Å². The molecule has 20 heavy (non-hydrogen) atoms. The van der Waals surface area contributed by atoms with E-state index in [9.17, 15) is 0 Å². The van der Waals surface area contributed by atoms with Crippen LogP contribution in [0.4, 0.5) is 0 Å². The van der Waals surface area contributed by atoms with E-state index >= 15 is 0 Å². The van der Waals surface area contributed by atoms with Gasteiger partial charge in [0.15, 0.2) is 0 Å². The Morgan fingerprint density at radius 1 is 1.30 bits per heavy atom. The minimum absolute atomic E-state index is 0.689. The zero-order chi connectivity index (χ0) is 14.1. The summed E-state index contributed by atoms with van der Waals surface area (Å²) in [5, 5.41) is 13.3. The molecule has 0 radical (unpaired) electrons. The molecule has 5 nitrogen and oxygen atoms in total. The molecule has 0 amide bonds. The van der Waals surface area contributed by atoms with Crippen LogP contribution >= 0.6 is 11.6 Å². The molecule has 2 heterocycles. The summed E-state index contributed by atoms with van der Waals surface area (Å²) in [6, 6.07) is 5.99. The van der Waals surface area contributed by atoms with Crippen LogP contribution in [0.15, 0.2) is 30.6 Å². The molecule has 3 rings (SSSR count). The van der Waals surface area contributed by atoms with E-state index in [2.05, 4.69) is 32.5 Å². The third-order valence-corrected chi connectivity index (χ3v) is 3.51. The maximum Gasteiger partial charge on any atom is 0.102 e. The standard InChI is InChI=1S/C14H16ClN5/c1-16-6-10-7-20(9-12-8-19(2)18-17-12)14-5-11(15)3-4-13(10)14/h3-5,7-8,16H,6,9H2,1-2H3. The molecule has 0 bridgehead atoms. The van der Waals surface area contributed by atoms with E-state index in [1.807, 2.05) is 32.4 Å². The second-order valence-corrected chi connectivity index (χ2v) is 5.29. The van der Waals surface area contributed by atoms with Gasteiger partial charge < -0.3 is 9.88 Å². The number of nitrogens with zero attached hydrogens (tertiary/aromatic N) is 4. The van der Waals surface area contributed by atoms with Gasteiger partial charge in [-0.05, 0) is 24.7 Å². The summed E-state index contributed by atoms with van der Waals surface area (Å²) in [4.78, 5) is 0. The zero-order valence-electron chi connectivity index (χ0n) is 11.5. The number of nitrogens with one attached hydrogen (secondary N) is 1. The molecule has 0 saturated carbocycles. The number of aromatic nitrogens is 4. The Kier molecular flexibility index (Phi) is 3.46. The summed E-state index contributed by atoms with van der Waals surface area (Å²) >= 11 is 6.12. The Morgan fingerprint density at radius 3 is 2.85 bits per heavy atom. The van der Waals surface area contributed by atoms with Crippen molar-refractivity contribution in [2.45, 2.75) is 13.1 Å². The largest absolute Gasteiger partial charge is 0.341 e. The van der Waals surface area contributed by atoms with E-state index in [0.717, 1.165) is 22.8 Å². The highest BCUT2D eigenvalue weighted by Crippen LogP contribution is 2.25. The van der Waals surface area contributed by atoms with Crippen LogP contribution in [0.1, 0.15) is 11.3 Å². The number of rotatable bonds is 4. The van der Waals surface area contributed by atoms with Crippen LogP contribution in [0.25, 0.3) is 10.9 Å². The van der Waals surface area contributed by atoms with Crippen LogP contribution in [0.5, 0.6) is 0 Å². The van der Waals surface area contributed by atoms with Crippen molar-refractivity contribution in [3.8, 4) is 0 Å². The van der Waals surface area contributed by atoms with Gasteiger partial charge in [0.1, 0.15) is 5.69 Å². The summed E-state index contributed by atoms with van der Waals surface area (Å²) in [6.45, 7) is 1.51. The van der Waals surface area contributed by atoms with Crippen LogP contribution in [-0.2, 0) is 20.1 Å². The van der Waals surface area contributed by atoms with Gasteiger partial charge in [0.2, 0.25) is 0 Å². The third kappa shape index (κ3) is 2.42. The summed E-state index contributed by atoms with van der Waals surface area (Å²) in [6.07, 6.45) is 4.07. The lowest BCUT2D eigenvalue weighted by Gasteiger charge is -2.02. The smallest absolute Gasteiger partial charge is 0.102 e. The first-order valence-corrected chi connectivity index (χ1v) is 6.82. The van der Waals surface area contributed by atoms with E-state index in [1.165, 1.54) is 10.9 Å². The molecule has 0 aliphatic heterocycles. The molecule has 0 unspecified atom stereocenters. The topological polar surface area (TPSA) is 47.7 Å². The minimum Gasteiger partial charge on any atom is -0.341 e. The fraction of sp³-hybridized carbons (Fsp3) is 0.286. The van der Waals surface area contributed by atoms with Gasteiger partial charge in [-0.3, -0.25) is 4.68 Å². The number of aryl methyl sites for hydroxylation is 1. The molecule has 0 spiro atoms. The molecule has 2 aromatic heterocycles. The summed E-state index contributed by atoms with van der Waals surface area (Å²) in [5.41, 5.74) is 3.30. The van der Waals surface area contributed by atoms with E-state index in [0.29, 0.717) is 6.54 Å². The highest BCUT2D eigenvalue weighted by molar-refractivity contribution is 6.31. The predicted octanol–water partition coefficient (Wildman–Crippen LogP) is 2.19. The lowest BCUT2D eigenvalue weighted by Crippen LogP contribution is -2.04. The Morgan fingerprint density at radius 2 is 2.15 bits per heavy atom. The van der Waals surface area contributed by atoms with E-state index < -0.39 is 0 Å². The fourth-order valence-electron chi connectivity index (χ4n) is 2.45. The lowest BCUT2D eigenvalue weighted by atomic mass is 10.2. The highest BCUT2D eigenvalue weighted by atomic mass is 35.5. The molecular formula is C14H16ClN5. The van der Waals surface area contributed by atoms with Gasteiger partial charge in [-0.25, -0.2) is 0 Å². The fourth-order valence-corrected chi connectivity index (χ4v) is 2.61. The second-order valence-electron chi connectivity index (χ2n) is 4.86. The monoisotopic (exact) mass is 289 g/mol. The molecular weight excluding hydrogens is 274 g/mol. The van der Waals surface area contributed by atoms with Crippen LogP contribution in [0.3, 0.4) is 0 Å². The molecule has 6 heteroatoms. The van der Waals surface area contributed by atoms with Gasteiger partial charge in [-0.15, -0.1) is 5.10 Å². The second kappa shape index (κ2) is 5.26. The maximum atomic E-state index is 6.12. The first-order chi connectivity index (χ1) is 9.67. The number of halogens is 1. The molecule has 104 valence electrons. The Labute approximate surface area is 122 Å². The Hall–Kier alpha value is -1.85. The zero-order valence-corrected chi connectivity index (χ0v) is 12.2. The Balaban J connectivity index is 2.06. The number of fused-ring (bicyclic) bond motifs is 1. The Bertz CT molecular complexity index is 743. The molecule has 0 aliphatic rings. The van der Waals surface area contributed by atoms with Crippen molar-refractivity contribution in [2.24, 2.45) is 7.05 Å². The van der Waals surface area contributed by atoms with Crippen LogP contribution < -0.4 is 5.32 Å². The third-order valence-electron chi connectivity index (χ3n) is 3.28. The molecule has 1 aromatic carbocycles. The summed E-state index contributed by atoms with van der Waals surface area (Å²) in [5.74, 6) is 0. The van der Waals surface area contributed by atoms with Gasteiger partial charge in [-0.2, -0.15) is 0 Å². The highest BCUT2D eigenvalue weighted by Gasteiger charge is 2.10. The summed E-state index contributed by atoms with van der Waals surface area (Å²) < 4.78 is 3.88. The van der Waals surface area contributed by atoms with E-state index in [1.54, 1.807) is 4.68 Å². The predicted molar refractivity (Wildman–Crippen MR) is 79.8 cm³/mol. The van der Waals surface area contributed by atoms with Crippen molar-refractivity contribution in [1.29, 1.82) is 0 Å². The maximum absolute atomic E-state index is 6.12. The normalized spacial score (nSPS) is 11.3. The van der Waals surface area contributed by atoms with Gasteiger partial charge in [0.05, 0.1) is 12.1 Å². The van der Waals surface area contributed by atoms with Gasteiger partial charge in [0, 0.05) is 36.4 Å². The number of hydrogen-bond acceptors (Lipinski definition) is 3. The van der Waals surface area contributed by atoms with E-state index in [-0.39, 0.29) is 0 Å². The average Bonchev–Trinajstić information content (AvgIpc) is 2.96. The van der Waals surface area contributed by atoms with Gasteiger partial charge in [-0.1, -0.05) is 22.9 Å².